The van der Waals surface area contributed by atoms with Crippen molar-refractivity contribution >= 4 is 94.0 Å². The first-order chi connectivity index (χ1) is 22.0. The summed E-state index contributed by atoms with van der Waals surface area (Å²) in [7, 11) is -2.77. The van der Waals surface area contributed by atoms with Crippen LogP contribution in [0, 0.1) is 0 Å². The van der Waals surface area contributed by atoms with Crippen molar-refractivity contribution < 1.29 is 48.5 Å². The Morgan fingerprint density at radius 1 is 0.674 bits per heavy atom. The Balaban J connectivity index is 0.000000136. The molecule has 236 valence electrons. The minimum absolute atomic E-state index is 0.249. The molecule has 9 N–H and O–H groups in total. The molecule has 7 rings (SSSR count). The molecule has 0 radical (unpaired) electrons. The van der Waals surface area contributed by atoms with Crippen molar-refractivity contribution in [2.24, 2.45) is 0 Å². The molecule has 1 saturated carbocycles. The Morgan fingerprint density at radius 2 is 1.15 bits per heavy atom. The van der Waals surface area contributed by atoms with Gasteiger partial charge >= 0.3 is 21.4 Å². The minimum Gasteiger partial charge on any atom is -0.423 e. The van der Waals surface area contributed by atoms with Gasteiger partial charge in [-0.25, -0.2) is 0 Å². The summed E-state index contributed by atoms with van der Waals surface area (Å²) in [5, 5.41) is 76.1. The molecule has 3 aromatic carbocycles. The fourth-order valence-electron chi connectivity index (χ4n) is 4.31. The average molecular weight is 630 g/mol. The first-order valence-electron chi connectivity index (χ1n) is 14.0. The molecule has 0 saturated heterocycles. The molecule has 1 fully saturated rings. The SMILES string of the molecule is CC(=O)Nc1noc2cc(B(O)O)ccc12.CNc1noc2ccc(B(O)O)cc12.OB(O)c1ccc2onc(NC3CC3)c2c1. The highest BCUT2D eigenvalue weighted by Crippen LogP contribution is 2.28. The number of hydrogen-bond donors (Lipinski definition) is 9. The van der Waals surface area contributed by atoms with Crippen LogP contribution in [-0.4, -0.2) is 86.0 Å². The number of hydrogen-bond acceptors (Lipinski definition) is 15. The van der Waals surface area contributed by atoms with Crippen molar-refractivity contribution in [2.45, 2.75) is 25.8 Å². The summed E-state index contributed by atoms with van der Waals surface area (Å²) in [5.41, 5.74) is 2.80. The molecule has 6 aromatic rings. The Labute approximate surface area is 261 Å². The Hall–Kier alpha value is -4.91. The van der Waals surface area contributed by atoms with Gasteiger partial charge in [0, 0.05) is 20.0 Å². The van der Waals surface area contributed by atoms with E-state index in [-0.39, 0.29) is 5.91 Å². The van der Waals surface area contributed by atoms with Crippen LogP contribution in [-0.2, 0) is 4.79 Å². The second kappa shape index (κ2) is 14.0. The lowest BCUT2D eigenvalue weighted by Gasteiger charge is -2.00. The van der Waals surface area contributed by atoms with E-state index in [1.165, 1.54) is 19.1 Å². The molecule has 0 atom stereocenters. The van der Waals surface area contributed by atoms with Gasteiger partial charge in [-0.3, -0.25) is 4.79 Å². The van der Waals surface area contributed by atoms with Crippen molar-refractivity contribution in [1.82, 2.24) is 15.5 Å². The van der Waals surface area contributed by atoms with Gasteiger partial charge in [0.05, 0.1) is 16.2 Å². The standard InChI is InChI=1S/C10H11BN2O3.C9H9BN2O4.C8H9BN2O3/c14-11(15)6-1-4-9-8(5-6)10(13-16-9)12-7-2-3-7;1-5(13)11-9-7-3-2-6(10(14)15)4-8(7)16-12-9;1-10-8-6-4-5(9(12)13)2-3-7(6)14-11-8/h1,4-5,7,14-15H,2-3H2,(H,12,13);2-4,14-15H,1H3,(H,11,12,13);2-4,12-13H,1H3,(H,10,11). The number of nitrogens with one attached hydrogen (secondary N) is 3. The van der Waals surface area contributed by atoms with E-state index in [0.29, 0.717) is 62.0 Å². The molecule has 19 heteroatoms. The van der Waals surface area contributed by atoms with Gasteiger partial charge in [0.1, 0.15) is 0 Å². The number of nitrogens with zero attached hydrogens (tertiary/aromatic N) is 3. The molecule has 1 amide bonds. The van der Waals surface area contributed by atoms with Crippen LogP contribution in [0.3, 0.4) is 0 Å². The van der Waals surface area contributed by atoms with Crippen LogP contribution in [0.15, 0.2) is 68.2 Å². The highest BCUT2D eigenvalue weighted by atomic mass is 16.5. The van der Waals surface area contributed by atoms with Crippen molar-refractivity contribution in [3.8, 4) is 0 Å². The lowest BCUT2D eigenvalue weighted by atomic mass is 9.80. The largest absolute Gasteiger partial charge is 0.488 e. The lowest BCUT2D eigenvalue weighted by Crippen LogP contribution is -2.29. The summed E-state index contributed by atoms with van der Waals surface area (Å²) >= 11 is 0. The molecular weight excluding hydrogens is 601 g/mol. The summed E-state index contributed by atoms with van der Waals surface area (Å²) in [6, 6.07) is 14.9. The number of carbonyl (C=O) groups is 1. The van der Waals surface area contributed by atoms with Gasteiger partial charge in [0.2, 0.25) is 5.91 Å². The van der Waals surface area contributed by atoms with E-state index in [2.05, 4.69) is 31.4 Å². The predicted octanol–water partition coefficient (Wildman–Crippen LogP) is -0.903. The third-order valence-corrected chi connectivity index (χ3v) is 6.83. The van der Waals surface area contributed by atoms with Crippen LogP contribution in [0.5, 0.6) is 0 Å². The Morgan fingerprint density at radius 3 is 1.67 bits per heavy atom. The van der Waals surface area contributed by atoms with E-state index < -0.39 is 21.4 Å². The number of aromatic nitrogens is 3. The van der Waals surface area contributed by atoms with Gasteiger partial charge in [-0.1, -0.05) is 33.7 Å². The van der Waals surface area contributed by atoms with Crippen molar-refractivity contribution in [2.75, 3.05) is 23.0 Å². The molecular formula is C27H29B3N6O10. The van der Waals surface area contributed by atoms with Crippen LogP contribution < -0.4 is 32.3 Å². The smallest absolute Gasteiger partial charge is 0.423 e. The van der Waals surface area contributed by atoms with Gasteiger partial charge < -0.3 is 59.7 Å². The van der Waals surface area contributed by atoms with Gasteiger partial charge in [-0.15, -0.1) is 0 Å². The van der Waals surface area contributed by atoms with Crippen LogP contribution >= 0.6 is 0 Å². The number of anilines is 3. The van der Waals surface area contributed by atoms with E-state index in [1.807, 2.05) is 0 Å². The molecule has 3 aromatic heterocycles. The van der Waals surface area contributed by atoms with Crippen molar-refractivity contribution in [1.29, 1.82) is 0 Å². The minimum atomic E-state index is -1.56. The van der Waals surface area contributed by atoms with Gasteiger partial charge in [-0.05, 0) is 65.6 Å². The zero-order chi connectivity index (χ0) is 33.0. The fourth-order valence-corrected chi connectivity index (χ4v) is 4.31. The highest BCUT2D eigenvalue weighted by molar-refractivity contribution is 6.59. The molecule has 16 nitrogen and oxygen atoms in total. The van der Waals surface area contributed by atoms with Crippen LogP contribution in [0.2, 0.25) is 0 Å². The molecule has 0 bridgehead atoms. The quantitative estimate of drug-likeness (QED) is 0.0970. The normalized spacial score (nSPS) is 12.2. The van der Waals surface area contributed by atoms with E-state index in [1.54, 1.807) is 49.5 Å². The topological polar surface area (TPSA) is 253 Å². The van der Waals surface area contributed by atoms with E-state index >= 15 is 0 Å². The highest BCUT2D eigenvalue weighted by Gasteiger charge is 2.24. The first kappa shape index (κ1) is 32.5. The molecule has 0 aliphatic heterocycles. The third kappa shape index (κ3) is 7.65. The molecule has 1 aliphatic carbocycles. The Bertz CT molecular complexity index is 1960. The summed E-state index contributed by atoms with van der Waals surface area (Å²) in [6.07, 6.45) is 2.30. The second-order valence-electron chi connectivity index (χ2n) is 10.3. The number of amides is 1. The molecule has 0 spiro atoms. The summed E-state index contributed by atoms with van der Waals surface area (Å²) in [6.45, 7) is 1.37. The molecule has 46 heavy (non-hydrogen) atoms. The van der Waals surface area contributed by atoms with Gasteiger partial charge in [0.25, 0.3) is 0 Å². The molecule has 0 unspecified atom stereocenters. The maximum absolute atomic E-state index is 10.9. The second-order valence-corrected chi connectivity index (χ2v) is 10.3. The lowest BCUT2D eigenvalue weighted by molar-refractivity contribution is -0.114. The summed E-state index contributed by atoms with van der Waals surface area (Å²) in [4.78, 5) is 10.9. The summed E-state index contributed by atoms with van der Waals surface area (Å²) in [5.74, 6) is 1.34. The number of benzene rings is 3. The van der Waals surface area contributed by atoms with Gasteiger partial charge in [-0.2, -0.15) is 0 Å². The van der Waals surface area contributed by atoms with E-state index in [0.717, 1.165) is 23.6 Å². The van der Waals surface area contributed by atoms with Crippen LogP contribution in [0.4, 0.5) is 17.5 Å². The monoisotopic (exact) mass is 630 g/mol. The van der Waals surface area contributed by atoms with Crippen LogP contribution in [0.1, 0.15) is 19.8 Å². The van der Waals surface area contributed by atoms with Crippen LogP contribution in [0.25, 0.3) is 32.9 Å². The molecule has 1 aliphatic rings. The third-order valence-electron chi connectivity index (χ3n) is 6.83. The maximum Gasteiger partial charge on any atom is 0.488 e. The van der Waals surface area contributed by atoms with Crippen molar-refractivity contribution in [3.05, 3.63) is 54.6 Å². The van der Waals surface area contributed by atoms with Crippen molar-refractivity contribution in [3.63, 3.8) is 0 Å². The zero-order valence-corrected chi connectivity index (χ0v) is 24.6. The Kier molecular flexibility index (Phi) is 9.91. The predicted molar refractivity (Wildman–Crippen MR) is 172 cm³/mol. The fraction of sp³-hybridized carbons (Fsp3) is 0.185. The maximum atomic E-state index is 10.9. The van der Waals surface area contributed by atoms with Gasteiger partial charge in [0.15, 0.2) is 34.2 Å². The first-order valence-corrected chi connectivity index (χ1v) is 14.0. The molecule has 3 heterocycles. The number of carbonyl (C=O) groups excluding carboxylic acids is 1. The zero-order valence-electron chi connectivity index (χ0n) is 24.6. The van der Waals surface area contributed by atoms with E-state index in [9.17, 15) is 4.79 Å². The summed E-state index contributed by atoms with van der Waals surface area (Å²) < 4.78 is 15.1. The average Bonchev–Trinajstić information content (AvgIpc) is 3.42. The van der Waals surface area contributed by atoms with E-state index in [4.69, 9.17) is 43.7 Å². The number of rotatable bonds is 7. The number of fused-ring (bicyclic) bond motifs is 3.